The lowest BCUT2D eigenvalue weighted by atomic mass is 9.99. The molecule has 0 heterocycles. The topological polar surface area (TPSA) is 12.0 Å². The molecule has 0 bridgehead atoms. The summed E-state index contributed by atoms with van der Waals surface area (Å²) in [4.78, 5) is 0. The first-order valence-corrected chi connectivity index (χ1v) is 6.91. The Morgan fingerprint density at radius 1 is 1.24 bits per heavy atom. The van der Waals surface area contributed by atoms with E-state index in [0.29, 0.717) is 12.1 Å². The molecule has 2 heteroatoms. The Kier molecular flexibility index (Phi) is 6.01. The van der Waals surface area contributed by atoms with Gasteiger partial charge in [0.1, 0.15) is 0 Å². The first-order valence-electron chi connectivity index (χ1n) is 6.53. The second-order valence-electron chi connectivity index (χ2n) is 5.08. The molecule has 0 aliphatic heterocycles. The van der Waals surface area contributed by atoms with Crippen molar-refractivity contribution in [2.45, 2.75) is 52.6 Å². The second-order valence-corrected chi connectivity index (χ2v) is 5.51. The van der Waals surface area contributed by atoms with Crippen LogP contribution in [0.3, 0.4) is 0 Å². The lowest BCUT2D eigenvalue weighted by Gasteiger charge is -2.24. The zero-order valence-corrected chi connectivity index (χ0v) is 12.1. The summed E-state index contributed by atoms with van der Waals surface area (Å²) >= 11 is 5.99. The van der Waals surface area contributed by atoms with Crippen molar-refractivity contribution in [2.24, 2.45) is 5.92 Å². The van der Waals surface area contributed by atoms with Gasteiger partial charge in [0.2, 0.25) is 0 Å². The SMILES string of the molecule is CCC(C)C(C)NC(C)Cc1cccc(Cl)c1. The summed E-state index contributed by atoms with van der Waals surface area (Å²) in [6, 6.07) is 9.17. The Morgan fingerprint density at radius 2 is 1.94 bits per heavy atom. The van der Waals surface area contributed by atoms with E-state index < -0.39 is 0 Å². The molecule has 3 atom stereocenters. The summed E-state index contributed by atoms with van der Waals surface area (Å²) in [7, 11) is 0. The number of hydrogen-bond acceptors (Lipinski definition) is 1. The summed E-state index contributed by atoms with van der Waals surface area (Å²) < 4.78 is 0. The molecule has 1 nitrogen and oxygen atoms in total. The fraction of sp³-hybridized carbons (Fsp3) is 0.600. The molecule has 0 spiro atoms. The van der Waals surface area contributed by atoms with Crippen molar-refractivity contribution >= 4 is 11.6 Å². The Labute approximate surface area is 111 Å². The van der Waals surface area contributed by atoms with Gasteiger partial charge in [0.25, 0.3) is 0 Å². The monoisotopic (exact) mass is 253 g/mol. The van der Waals surface area contributed by atoms with Crippen LogP contribution in [0.4, 0.5) is 0 Å². The van der Waals surface area contributed by atoms with E-state index in [2.05, 4.69) is 39.1 Å². The fourth-order valence-corrected chi connectivity index (χ4v) is 2.26. The van der Waals surface area contributed by atoms with Crippen LogP contribution in [0.5, 0.6) is 0 Å². The van der Waals surface area contributed by atoms with Gasteiger partial charge in [0, 0.05) is 17.1 Å². The standard InChI is InChI=1S/C15H24ClN/c1-5-11(2)13(4)17-12(3)9-14-7-6-8-15(16)10-14/h6-8,10-13,17H,5,9H2,1-4H3. The minimum Gasteiger partial charge on any atom is -0.311 e. The molecular formula is C15H24ClN. The molecule has 1 rings (SSSR count). The minimum absolute atomic E-state index is 0.484. The van der Waals surface area contributed by atoms with Gasteiger partial charge in [-0.05, 0) is 43.9 Å². The zero-order valence-electron chi connectivity index (χ0n) is 11.3. The quantitative estimate of drug-likeness (QED) is 0.797. The van der Waals surface area contributed by atoms with E-state index in [9.17, 15) is 0 Å². The molecule has 0 fully saturated rings. The first-order chi connectivity index (χ1) is 8.02. The normalized spacial score (nSPS) is 16.5. The van der Waals surface area contributed by atoms with Crippen LogP contribution in [0.2, 0.25) is 5.02 Å². The molecule has 0 saturated heterocycles. The number of rotatable bonds is 6. The first kappa shape index (κ1) is 14.5. The van der Waals surface area contributed by atoms with Crippen LogP contribution in [-0.2, 0) is 6.42 Å². The Bertz CT molecular complexity index is 337. The third kappa shape index (κ3) is 5.10. The molecule has 0 aliphatic rings. The van der Waals surface area contributed by atoms with E-state index in [0.717, 1.165) is 17.4 Å². The van der Waals surface area contributed by atoms with Crippen LogP contribution in [0.25, 0.3) is 0 Å². The van der Waals surface area contributed by atoms with E-state index in [1.807, 2.05) is 18.2 Å². The highest BCUT2D eigenvalue weighted by atomic mass is 35.5. The van der Waals surface area contributed by atoms with Crippen molar-refractivity contribution in [2.75, 3.05) is 0 Å². The summed E-state index contributed by atoms with van der Waals surface area (Å²) in [6.45, 7) is 9.04. The average Bonchev–Trinajstić information content (AvgIpc) is 2.27. The van der Waals surface area contributed by atoms with E-state index in [4.69, 9.17) is 11.6 Å². The molecule has 0 aliphatic carbocycles. The van der Waals surface area contributed by atoms with Crippen LogP contribution in [0.15, 0.2) is 24.3 Å². The van der Waals surface area contributed by atoms with E-state index in [1.54, 1.807) is 0 Å². The average molecular weight is 254 g/mol. The highest BCUT2D eigenvalue weighted by Crippen LogP contribution is 2.13. The van der Waals surface area contributed by atoms with Gasteiger partial charge in [0.15, 0.2) is 0 Å². The predicted molar refractivity (Wildman–Crippen MR) is 76.7 cm³/mol. The molecule has 0 saturated carbocycles. The molecule has 17 heavy (non-hydrogen) atoms. The molecule has 96 valence electrons. The molecule has 1 aromatic rings. The second kappa shape index (κ2) is 7.03. The summed E-state index contributed by atoms with van der Waals surface area (Å²) in [6.07, 6.45) is 2.25. The van der Waals surface area contributed by atoms with Gasteiger partial charge in [-0.25, -0.2) is 0 Å². The summed E-state index contributed by atoms with van der Waals surface area (Å²) in [5.41, 5.74) is 1.30. The van der Waals surface area contributed by atoms with Crippen LogP contribution in [0.1, 0.15) is 39.7 Å². The third-order valence-electron chi connectivity index (χ3n) is 3.48. The molecule has 0 aromatic heterocycles. The van der Waals surface area contributed by atoms with Crippen LogP contribution >= 0.6 is 11.6 Å². The van der Waals surface area contributed by atoms with E-state index in [1.165, 1.54) is 12.0 Å². The molecular weight excluding hydrogens is 230 g/mol. The van der Waals surface area contributed by atoms with Crippen molar-refractivity contribution in [1.29, 1.82) is 0 Å². The van der Waals surface area contributed by atoms with Crippen molar-refractivity contribution in [3.05, 3.63) is 34.9 Å². The highest BCUT2D eigenvalue weighted by Gasteiger charge is 2.13. The van der Waals surface area contributed by atoms with Gasteiger partial charge >= 0.3 is 0 Å². The lowest BCUT2D eigenvalue weighted by Crippen LogP contribution is -2.39. The highest BCUT2D eigenvalue weighted by molar-refractivity contribution is 6.30. The van der Waals surface area contributed by atoms with E-state index >= 15 is 0 Å². The van der Waals surface area contributed by atoms with Gasteiger partial charge in [0.05, 0.1) is 0 Å². The largest absolute Gasteiger partial charge is 0.311 e. The lowest BCUT2D eigenvalue weighted by molar-refractivity contribution is 0.355. The number of halogens is 1. The van der Waals surface area contributed by atoms with Crippen LogP contribution in [-0.4, -0.2) is 12.1 Å². The van der Waals surface area contributed by atoms with Crippen molar-refractivity contribution in [3.63, 3.8) is 0 Å². The number of benzene rings is 1. The fourth-order valence-electron chi connectivity index (χ4n) is 2.04. The van der Waals surface area contributed by atoms with Crippen molar-refractivity contribution in [3.8, 4) is 0 Å². The van der Waals surface area contributed by atoms with Gasteiger partial charge < -0.3 is 5.32 Å². The molecule has 0 radical (unpaired) electrons. The van der Waals surface area contributed by atoms with Crippen LogP contribution in [0, 0.1) is 5.92 Å². The van der Waals surface area contributed by atoms with Crippen molar-refractivity contribution < 1.29 is 0 Å². The van der Waals surface area contributed by atoms with Gasteiger partial charge in [-0.15, -0.1) is 0 Å². The molecule has 1 N–H and O–H groups in total. The smallest absolute Gasteiger partial charge is 0.0408 e. The van der Waals surface area contributed by atoms with Gasteiger partial charge in [-0.3, -0.25) is 0 Å². The van der Waals surface area contributed by atoms with Crippen molar-refractivity contribution in [1.82, 2.24) is 5.32 Å². The van der Waals surface area contributed by atoms with Gasteiger partial charge in [-0.1, -0.05) is 44.0 Å². The Balaban J connectivity index is 2.47. The maximum atomic E-state index is 5.99. The van der Waals surface area contributed by atoms with Gasteiger partial charge in [-0.2, -0.15) is 0 Å². The third-order valence-corrected chi connectivity index (χ3v) is 3.71. The number of nitrogens with one attached hydrogen (secondary N) is 1. The molecule has 0 amide bonds. The number of hydrogen-bond donors (Lipinski definition) is 1. The maximum absolute atomic E-state index is 5.99. The minimum atomic E-state index is 0.484. The predicted octanol–water partition coefficient (Wildman–Crippen LogP) is 4.30. The Morgan fingerprint density at radius 3 is 2.53 bits per heavy atom. The van der Waals surface area contributed by atoms with Crippen LogP contribution < -0.4 is 5.32 Å². The maximum Gasteiger partial charge on any atom is 0.0408 e. The Hall–Kier alpha value is -0.530. The summed E-state index contributed by atoms with van der Waals surface area (Å²) in [5.74, 6) is 0.719. The molecule has 1 aromatic carbocycles. The molecule has 3 unspecified atom stereocenters. The van der Waals surface area contributed by atoms with E-state index in [-0.39, 0.29) is 0 Å². The summed E-state index contributed by atoms with van der Waals surface area (Å²) in [5, 5.41) is 4.48. The zero-order chi connectivity index (χ0) is 12.8.